The first kappa shape index (κ1) is 15.8. The summed E-state index contributed by atoms with van der Waals surface area (Å²) in [6.45, 7) is 2.52. The molecule has 0 fully saturated rings. The summed E-state index contributed by atoms with van der Waals surface area (Å²) < 4.78 is 10.2. The number of amidine groups is 1. The van der Waals surface area contributed by atoms with E-state index in [2.05, 4.69) is 4.90 Å². The minimum absolute atomic E-state index is 0.0199. The van der Waals surface area contributed by atoms with Crippen LogP contribution in [0.4, 0.5) is 5.69 Å². The summed E-state index contributed by atoms with van der Waals surface area (Å²) in [6, 6.07) is 5.29. The molecule has 6 heteroatoms. The van der Waals surface area contributed by atoms with E-state index in [1.165, 1.54) is 0 Å². The number of anilines is 1. The number of halogens is 1. The number of nitrogen functional groups attached to an aromatic ring is 1. The maximum Gasteiger partial charge on any atom is 0.124 e. The highest BCUT2D eigenvalue weighted by molar-refractivity contribution is 6.31. The van der Waals surface area contributed by atoms with Crippen LogP contribution in [0.5, 0.6) is 0 Å². The molecule has 1 aromatic carbocycles. The molecule has 1 rings (SSSR count). The van der Waals surface area contributed by atoms with Gasteiger partial charge in [-0.2, -0.15) is 0 Å². The largest absolute Gasteiger partial charge is 0.384 e. The van der Waals surface area contributed by atoms with Crippen molar-refractivity contribution in [1.29, 1.82) is 5.41 Å². The summed E-state index contributed by atoms with van der Waals surface area (Å²) in [5.74, 6) is 0.0199. The Balaban J connectivity index is 3.03. The van der Waals surface area contributed by atoms with Gasteiger partial charge in [0.05, 0.1) is 13.2 Å². The highest BCUT2D eigenvalue weighted by atomic mass is 35.5. The monoisotopic (exact) mass is 285 g/mol. The summed E-state index contributed by atoms with van der Waals surface area (Å²) in [5.41, 5.74) is 7.10. The van der Waals surface area contributed by atoms with Gasteiger partial charge in [-0.05, 0) is 18.2 Å². The predicted molar refractivity (Wildman–Crippen MR) is 78.4 cm³/mol. The Kier molecular flexibility index (Phi) is 6.62. The molecule has 0 bridgehead atoms. The summed E-state index contributed by atoms with van der Waals surface area (Å²) in [7, 11) is 3.30. The van der Waals surface area contributed by atoms with E-state index in [0.717, 1.165) is 5.69 Å². The van der Waals surface area contributed by atoms with Crippen molar-refractivity contribution in [3.63, 3.8) is 0 Å². The van der Waals surface area contributed by atoms with E-state index in [1.54, 1.807) is 26.4 Å². The number of nitrogens with one attached hydrogen (secondary N) is 1. The maximum atomic E-state index is 7.64. The number of hydrogen-bond donors (Lipinski definition) is 2. The fraction of sp³-hybridized carbons (Fsp3) is 0.462. The van der Waals surface area contributed by atoms with Crippen LogP contribution in [0.3, 0.4) is 0 Å². The molecule has 0 unspecified atom stereocenters. The molecule has 5 nitrogen and oxygen atoms in total. The summed E-state index contributed by atoms with van der Waals surface area (Å²) in [5, 5.41) is 8.25. The number of nitrogens with two attached hydrogens (primary N) is 1. The van der Waals surface area contributed by atoms with Crippen molar-refractivity contribution in [2.24, 2.45) is 5.73 Å². The Morgan fingerprint density at radius 3 is 2.32 bits per heavy atom. The summed E-state index contributed by atoms with van der Waals surface area (Å²) >= 11 is 6.03. The average molecular weight is 286 g/mol. The molecule has 0 aromatic heterocycles. The van der Waals surface area contributed by atoms with Crippen molar-refractivity contribution in [3.05, 3.63) is 28.8 Å². The van der Waals surface area contributed by atoms with Gasteiger partial charge in [0.25, 0.3) is 0 Å². The highest BCUT2D eigenvalue weighted by Crippen LogP contribution is 2.24. The number of methoxy groups -OCH3 is 2. The molecular formula is C13H20ClN3O2. The molecule has 106 valence electrons. The molecule has 0 atom stereocenters. The molecule has 0 aliphatic carbocycles. The molecule has 0 heterocycles. The van der Waals surface area contributed by atoms with Gasteiger partial charge in [0.1, 0.15) is 5.84 Å². The fourth-order valence-electron chi connectivity index (χ4n) is 1.75. The van der Waals surface area contributed by atoms with Crippen LogP contribution in [0.15, 0.2) is 18.2 Å². The molecule has 1 aromatic rings. The zero-order valence-electron chi connectivity index (χ0n) is 11.3. The van der Waals surface area contributed by atoms with Gasteiger partial charge in [-0.25, -0.2) is 0 Å². The summed E-state index contributed by atoms with van der Waals surface area (Å²) in [6.07, 6.45) is 0. The first-order chi connectivity index (χ1) is 9.10. The lowest BCUT2D eigenvalue weighted by atomic mass is 10.1. The van der Waals surface area contributed by atoms with E-state index in [-0.39, 0.29) is 5.84 Å². The molecule has 0 amide bonds. The molecule has 0 radical (unpaired) electrons. The van der Waals surface area contributed by atoms with E-state index in [1.807, 2.05) is 6.07 Å². The first-order valence-corrected chi connectivity index (χ1v) is 6.34. The van der Waals surface area contributed by atoms with Gasteiger partial charge in [-0.1, -0.05) is 11.6 Å². The van der Waals surface area contributed by atoms with Crippen LogP contribution in [0.2, 0.25) is 5.02 Å². The third-order valence-electron chi connectivity index (χ3n) is 2.72. The lowest BCUT2D eigenvalue weighted by molar-refractivity contribution is 0.190. The molecule has 3 N–H and O–H groups in total. The van der Waals surface area contributed by atoms with Gasteiger partial charge in [0, 0.05) is 43.6 Å². The Bertz CT molecular complexity index is 418. The third-order valence-corrected chi connectivity index (χ3v) is 2.96. The maximum absolute atomic E-state index is 7.64. The number of ether oxygens (including phenoxy) is 2. The van der Waals surface area contributed by atoms with Gasteiger partial charge in [-0.3, -0.25) is 5.41 Å². The Labute approximate surface area is 118 Å². The van der Waals surface area contributed by atoms with Crippen LogP contribution in [0, 0.1) is 5.41 Å². The quantitative estimate of drug-likeness (QED) is 0.564. The molecule has 0 spiro atoms. The van der Waals surface area contributed by atoms with Gasteiger partial charge < -0.3 is 20.1 Å². The van der Waals surface area contributed by atoms with Crippen LogP contribution in [-0.2, 0) is 9.47 Å². The van der Waals surface area contributed by atoms with Crippen LogP contribution in [0.25, 0.3) is 0 Å². The molecule has 0 aliphatic heterocycles. The van der Waals surface area contributed by atoms with Crippen LogP contribution in [-0.4, -0.2) is 46.4 Å². The second kappa shape index (κ2) is 7.99. The number of rotatable bonds is 8. The van der Waals surface area contributed by atoms with Crippen molar-refractivity contribution < 1.29 is 9.47 Å². The fourth-order valence-corrected chi connectivity index (χ4v) is 1.92. The predicted octanol–water partition coefficient (Wildman–Crippen LogP) is 1.72. The van der Waals surface area contributed by atoms with E-state index in [0.29, 0.717) is 36.9 Å². The Morgan fingerprint density at radius 1 is 1.26 bits per heavy atom. The number of benzene rings is 1. The Hall–Kier alpha value is -1.30. The van der Waals surface area contributed by atoms with Gasteiger partial charge in [0.15, 0.2) is 0 Å². The van der Waals surface area contributed by atoms with Crippen molar-refractivity contribution in [1.82, 2.24) is 0 Å². The topological polar surface area (TPSA) is 71.6 Å². The van der Waals surface area contributed by atoms with Crippen LogP contribution < -0.4 is 10.6 Å². The van der Waals surface area contributed by atoms with Crippen LogP contribution >= 0.6 is 11.6 Å². The minimum atomic E-state index is 0.0199. The van der Waals surface area contributed by atoms with E-state index >= 15 is 0 Å². The van der Waals surface area contributed by atoms with Gasteiger partial charge in [0.2, 0.25) is 0 Å². The van der Waals surface area contributed by atoms with E-state index in [9.17, 15) is 0 Å². The normalized spacial score (nSPS) is 10.5. The van der Waals surface area contributed by atoms with Gasteiger partial charge >= 0.3 is 0 Å². The second-order valence-electron chi connectivity index (χ2n) is 4.05. The zero-order valence-corrected chi connectivity index (χ0v) is 12.0. The Morgan fingerprint density at radius 2 is 1.84 bits per heavy atom. The highest BCUT2D eigenvalue weighted by Gasteiger charge is 2.13. The van der Waals surface area contributed by atoms with Gasteiger partial charge in [-0.15, -0.1) is 0 Å². The zero-order chi connectivity index (χ0) is 14.3. The minimum Gasteiger partial charge on any atom is -0.384 e. The SMILES string of the molecule is COCCN(CCOC)c1cc(Cl)ccc1C(=N)N. The summed E-state index contributed by atoms with van der Waals surface area (Å²) in [4.78, 5) is 2.05. The number of nitrogens with zero attached hydrogens (tertiary/aromatic N) is 1. The molecule has 0 aliphatic rings. The van der Waals surface area contributed by atoms with E-state index < -0.39 is 0 Å². The van der Waals surface area contributed by atoms with Crippen molar-refractivity contribution in [2.75, 3.05) is 45.4 Å². The second-order valence-corrected chi connectivity index (χ2v) is 4.48. The van der Waals surface area contributed by atoms with Crippen molar-refractivity contribution >= 4 is 23.1 Å². The van der Waals surface area contributed by atoms with Crippen molar-refractivity contribution in [3.8, 4) is 0 Å². The standard InChI is InChI=1S/C13H20ClN3O2/c1-18-7-5-17(6-8-19-2)12-9-10(14)3-4-11(12)13(15)16/h3-4,9H,5-8H2,1-2H3,(H3,15,16). The number of hydrogen-bond acceptors (Lipinski definition) is 4. The first-order valence-electron chi connectivity index (χ1n) is 5.97. The van der Waals surface area contributed by atoms with E-state index in [4.69, 9.17) is 32.2 Å². The van der Waals surface area contributed by atoms with Crippen molar-refractivity contribution in [2.45, 2.75) is 0 Å². The lowest BCUT2D eigenvalue weighted by Gasteiger charge is -2.26. The lowest BCUT2D eigenvalue weighted by Crippen LogP contribution is -2.32. The van der Waals surface area contributed by atoms with Crippen LogP contribution in [0.1, 0.15) is 5.56 Å². The molecule has 19 heavy (non-hydrogen) atoms. The average Bonchev–Trinajstić information content (AvgIpc) is 2.38. The molecular weight excluding hydrogens is 266 g/mol. The molecule has 0 saturated heterocycles. The third kappa shape index (κ3) is 4.70. The smallest absolute Gasteiger partial charge is 0.124 e. The molecule has 0 saturated carbocycles.